The summed E-state index contributed by atoms with van der Waals surface area (Å²) in [6.45, 7) is 0.579. The fourth-order valence-electron chi connectivity index (χ4n) is 2.62. The van der Waals surface area contributed by atoms with Crippen molar-refractivity contribution in [3.8, 4) is 0 Å². The minimum atomic E-state index is -4.29. The Bertz CT molecular complexity index is 804. The fourth-order valence-corrected chi connectivity index (χ4v) is 2.62. The highest BCUT2D eigenvalue weighted by molar-refractivity contribution is 5.93. The Morgan fingerprint density at radius 3 is 2.39 bits per heavy atom. The van der Waals surface area contributed by atoms with Gasteiger partial charge in [0.1, 0.15) is 0 Å². The van der Waals surface area contributed by atoms with E-state index in [1.165, 1.54) is 12.1 Å². The monoisotopic (exact) mass is 315 g/mol. The lowest BCUT2D eigenvalue weighted by Gasteiger charge is -2.11. The number of rotatable bonds is 4. The molecule has 0 aromatic heterocycles. The minimum absolute atomic E-state index is 0.535. The van der Waals surface area contributed by atoms with Gasteiger partial charge in [-0.25, -0.2) is 0 Å². The molecule has 118 valence electrons. The van der Waals surface area contributed by atoms with Crippen LogP contribution in [0.1, 0.15) is 11.1 Å². The molecule has 1 nitrogen and oxygen atoms in total. The molecule has 23 heavy (non-hydrogen) atoms. The van der Waals surface area contributed by atoms with Crippen molar-refractivity contribution < 1.29 is 13.2 Å². The molecule has 0 fully saturated rings. The van der Waals surface area contributed by atoms with E-state index in [1.54, 1.807) is 6.07 Å². The topological polar surface area (TPSA) is 12.0 Å². The fraction of sp³-hybridized carbons (Fsp3) is 0.158. The van der Waals surface area contributed by atoms with Gasteiger partial charge >= 0.3 is 6.18 Å². The first-order chi connectivity index (χ1) is 11.0. The second-order valence-corrected chi connectivity index (χ2v) is 5.40. The molecule has 0 amide bonds. The van der Waals surface area contributed by atoms with Gasteiger partial charge in [-0.05, 0) is 29.5 Å². The summed E-state index contributed by atoms with van der Waals surface area (Å²) in [7, 11) is 0. The van der Waals surface area contributed by atoms with E-state index < -0.39 is 11.7 Å². The molecule has 0 saturated heterocycles. The molecule has 1 N–H and O–H groups in total. The third kappa shape index (κ3) is 3.65. The van der Waals surface area contributed by atoms with Crippen LogP contribution >= 0.6 is 0 Å². The highest BCUT2D eigenvalue weighted by atomic mass is 19.4. The molecule has 0 unspecified atom stereocenters. The number of alkyl halides is 3. The number of nitrogens with one attached hydrogen (secondary N) is 1. The van der Waals surface area contributed by atoms with Gasteiger partial charge < -0.3 is 5.32 Å². The van der Waals surface area contributed by atoms with Gasteiger partial charge in [-0.15, -0.1) is 0 Å². The number of halogens is 3. The predicted octanol–water partition coefficient (Wildman–Crippen LogP) is 5.51. The van der Waals surface area contributed by atoms with Gasteiger partial charge in [0, 0.05) is 17.6 Å². The average molecular weight is 315 g/mol. The zero-order chi connectivity index (χ0) is 16.3. The van der Waals surface area contributed by atoms with Crippen LogP contribution in [0.15, 0.2) is 66.7 Å². The molecule has 0 aliphatic heterocycles. The van der Waals surface area contributed by atoms with Crippen LogP contribution in [0.25, 0.3) is 10.8 Å². The Hall–Kier alpha value is -2.49. The molecule has 0 heterocycles. The molecule has 0 radical (unpaired) electrons. The molecule has 0 atom stereocenters. The van der Waals surface area contributed by atoms with Crippen molar-refractivity contribution in [2.75, 3.05) is 11.9 Å². The lowest BCUT2D eigenvalue weighted by atomic mass is 10.1. The number of anilines is 1. The summed E-state index contributed by atoms with van der Waals surface area (Å²) in [5.41, 5.74) is 1.07. The first kappa shape index (κ1) is 15.4. The van der Waals surface area contributed by atoms with E-state index in [-0.39, 0.29) is 0 Å². The molecular formula is C19H16F3N. The molecule has 0 aliphatic rings. The number of fused-ring (bicyclic) bond motifs is 1. The summed E-state index contributed by atoms with van der Waals surface area (Å²) in [5, 5.41) is 5.56. The van der Waals surface area contributed by atoms with Gasteiger partial charge in [-0.1, -0.05) is 54.6 Å². The summed E-state index contributed by atoms with van der Waals surface area (Å²) in [4.78, 5) is 0. The van der Waals surface area contributed by atoms with Gasteiger partial charge in [-0.3, -0.25) is 0 Å². The Morgan fingerprint density at radius 2 is 1.57 bits per heavy atom. The number of benzene rings is 3. The minimum Gasteiger partial charge on any atom is -0.384 e. The van der Waals surface area contributed by atoms with E-state index in [0.717, 1.165) is 22.5 Å². The van der Waals surface area contributed by atoms with Gasteiger partial charge in [-0.2, -0.15) is 13.2 Å². The molecule has 3 aromatic rings. The van der Waals surface area contributed by atoms with E-state index in [1.807, 2.05) is 42.5 Å². The van der Waals surface area contributed by atoms with Crippen molar-refractivity contribution in [3.63, 3.8) is 0 Å². The molecule has 3 rings (SSSR count). The van der Waals surface area contributed by atoms with E-state index in [4.69, 9.17) is 0 Å². The first-order valence-electron chi connectivity index (χ1n) is 7.42. The lowest BCUT2D eigenvalue weighted by Crippen LogP contribution is -2.08. The van der Waals surface area contributed by atoms with Crippen molar-refractivity contribution >= 4 is 16.5 Å². The van der Waals surface area contributed by atoms with Gasteiger partial charge in [0.2, 0.25) is 0 Å². The molecule has 0 spiro atoms. The van der Waals surface area contributed by atoms with Gasteiger partial charge in [0.05, 0.1) is 5.56 Å². The summed E-state index contributed by atoms with van der Waals surface area (Å²) in [6.07, 6.45) is -3.76. The van der Waals surface area contributed by atoms with E-state index in [0.29, 0.717) is 18.5 Å². The van der Waals surface area contributed by atoms with Crippen LogP contribution < -0.4 is 5.32 Å². The first-order valence-corrected chi connectivity index (χ1v) is 7.42. The van der Waals surface area contributed by atoms with Gasteiger partial charge in [0.25, 0.3) is 0 Å². The Balaban J connectivity index is 1.70. The highest BCUT2D eigenvalue weighted by Crippen LogP contribution is 2.29. The molecule has 0 saturated carbocycles. The van der Waals surface area contributed by atoms with Crippen LogP contribution in [0.3, 0.4) is 0 Å². The van der Waals surface area contributed by atoms with Crippen molar-refractivity contribution in [2.45, 2.75) is 12.6 Å². The van der Waals surface area contributed by atoms with Crippen LogP contribution in [-0.4, -0.2) is 6.54 Å². The smallest absolute Gasteiger partial charge is 0.384 e. The summed E-state index contributed by atoms with van der Waals surface area (Å²) in [5.74, 6) is 0. The lowest BCUT2D eigenvalue weighted by molar-refractivity contribution is -0.137. The predicted molar refractivity (Wildman–Crippen MR) is 87.6 cm³/mol. The Labute approximate surface area is 132 Å². The van der Waals surface area contributed by atoms with Crippen molar-refractivity contribution in [3.05, 3.63) is 77.9 Å². The Morgan fingerprint density at radius 1 is 0.826 bits per heavy atom. The molecule has 0 bridgehead atoms. The van der Waals surface area contributed by atoms with Crippen molar-refractivity contribution in [2.24, 2.45) is 0 Å². The molecular weight excluding hydrogens is 299 g/mol. The maximum atomic E-state index is 12.7. The van der Waals surface area contributed by atoms with E-state index in [2.05, 4.69) is 5.32 Å². The van der Waals surface area contributed by atoms with Crippen LogP contribution in [0.5, 0.6) is 0 Å². The third-order valence-electron chi connectivity index (χ3n) is 3.77. The summed E-state index contributed by atoms with van der Waals surface area (Å²) in [6, 6.07) is 19.5. The van der Waals surface area contributed by atoms with Crippen molar-refractivity contribution in [1.29, 1.82) is 0 Å². The molecule has 3 aromatic carbocycles. The second kappa shape index (κ2) is 6.32. The zero-order valence-corrected chi connectivity index (χ0v) is 12.4. The number of hydrogen-bond donors (Lipinski definition) is 1. The maximum Gasteiger partial charge on any atom is 0.416 e. The molecule has 0 aliphatic carbocycles. The van der Waals surface area contributed by atoms with Gasteiger partial charge in [0.15, 0.2) is 0 Å². The van der Waals surface area contributed by atoms with Crippen LogP contribution in [0, 0.1) is 0 Å². The van der Waals surface area contributed by atoms with E-state index in [9.17, 15) is 13.2 Å². The van der Waals surface area contributed by atoms with Crippen molar-refractivity contribution in [1.82, 2.24) is 0 Å². The zero-order valence-electron chi connectivity index (χ0n) is 12.4. The second-order valence-electron chi connectivity index (χ2n) is 5.40. The normalized spacial score (nSPS) is 11.6. The number of hydrogen-bond acceptors (Lipinski definition) is 1. The summed E-state index contributed by atoms with van der Waals surface area (Å²) < 4.78 is 38.1. The third-order valence-corrected chi connectivity index (χ3v) is 3.77. The average Bonchev–Trinajstić information content (AvgIpc) is 2.55. The largest absolute Gasteiger partial charge is 0.416 e. The standard InChI is InChI=1S/C19H16F3N/c20-19(21,22)16-8-3-5-14(13-16)11-12-23-18-10-4-7-15-6-1-2-9-17(15)18/h1-10,13,23H,11-12H2. The quantitative estimate of drug-likeness (QED) is 0.669. The van der Waals surface area contributed by atoms with Crippen LogP contribution in [-0.2, 0) is 12.6 Å². The van der Waals surface area contributed by atoms with Crippen LogP contribution in [0.4, 0.5) is 18.9 Å². The SMILES string of the molecule is FC(F)(F)c1cccc(CCNc2cccc3ccccc23)c1. The Kier molecular flexibility index (Phi) is 4.24. The summed E-state index contributed by atoms with van der Waals surface area (Å²) >= 11 is 0. The van der Waals surface area contributed by atoms with Crippen LogP contribution in [0.2, 0.25) is 0 Å². The molecule has 4 heteroatoms. The maximum absolute atomic E-state index is 12.7. The highest BCUT2D eigenvalue weighted by Gasteiger charge is 2.30. The van der Waals surface area contributed by atoms with E-state index >= 15 is 0 Å².